The molecule has 12 nitrogen and oxygen atoms in total. The van der Waals surface area contributed by atoms with Gasteiger partial charge >= 0.3 is 0 Å². The van der Waals surface area contributed by atoms with Gasteiger partial charge in [0.15, 0.2) is 29.1 Å². The first-order valence-corrected chi connectivity index (χ1v) is 49.5. The molecule has 29 rings (SSSR count). The summed E-state index contributed by atoms with van der Waals surface area (Å²) in [6, 6.07) is 185. The molecule has 0 aliphatic carbocycles. The fourth-order valence-electron chi connectivity index (χ4n) is 21.3. The lowest BCUT2D eigenvalue weighted by Crippen LogP contribution is -2.01. The molecule has 688 valence electrons. The summed E-state index contributed by atoms with van der Waals surface area (Å²) in [7, 11) is 0. The van der Waals surface area contributed by atoms with Crippen molar-refractivity contribution in [3.05, 3.63) is 528 Å². The third-order valence-corrected chi connectivity index (χ3v) is 28.1. The second-order valence-electron chi connectivity index (χ2n) is 37.0. The van der Waals surface area contributed by atoms with E-state index in [0.717, 1.165) is 167 Å². The van der Waals surface area contributed by atoms with E-state index in [9.17, 15) is 0 Å². The summed E-state index contributed by atoms with van der Waals surface area (Å²) in [6.45, 7) is 0. The molecule has 8 heterocycles. The Labute approximate surface area is 846 Å². The quantitative estimate of drug-likeness (QED) is 0.0994. The highest BCUT2D eigenvalue weighted by molar-refractivity contribution is 6.15. The van der Waals surface area contributed by atoms with Crippen LogP contribution in [-0.4, -0.2) is 53.2 Å². The molecule has 0 bridgehead atoms. The van der Waals surface area contributed by atoms with Crippen LogP contribution in [0.2, 0.25) is 0 Å². The first kappa shape index (κ1) is 86.2. The minimum absolute atomic E-state index is 0.642. The lowest BCUT2D eigenvalue weighted by Gasteiger charge is -2.16. The van der Waals surface area contributed by atoms with E-state index >= 15 is 0 Å². The van der Waals surface area contributed by atoms with E-state index in [4.69, 9.17) is 39.3 Å². The summed E-state index contributed by atoms with van der Waals surface area (Å²) in [5.41, 5.74) is 32.5. The summed E-state index contributed by atoms with van der Waals surface area (Å²) in [5, 5.41) is 14.2. The summed E-state index contributed by atoms with van der Waals surface area (Å²) in [4.78, 5) is 35.7. The van der Waals surface area contributed by atoms with Crippen LogP contribution >= 0.6 is 0 Å². The van der Waals surface area contributed by atoms with Crippen molar-refractivity contribution in [1.29, 1.82) is 0 Å². The summed E-state index contributed by atoms with van der Waals surface area (Å²) in [5.74, 6) is 3.33. The number of nitrogens with zero attached hydrogens (tertiary/aromatic N) is 11. The zero-order valence-electron chi connectivity index (χ0n) is 79.6. The SMILES string of the molecule is c1ccc(-c2cc(-c3cc(-n4c5ccccc5c5ccccc54)cc(-n4c5ccccc5c5ccccc54)c3)nc(-c3ccccc3)n2)cc1.c1ccc(-c2cc(-c3cccc4ccccc34)nc(-c3ccc4c5ccccc5n(-c5ccc6oc7ccccc7c6c5)c4c3)n2)cc1.c1ccc(-c2cc(-c3ccccc3)cc(-n3c4ccccc4c4cc(-c5nc(-c6ccccc6)nc(-c6ccccc6)n5)ccc43)c2)cc1. The van der Waals surface area contributed by atoms with Crippen molar-refractivity contribution >= 4 is 120 Å². The van der Waals surface area contributed by atoms with Gasteiger partial charge in [-0.15, -0.1) is 0 Å². The fourth-order valence-corrected chi connectivity index (χ4v) is 21.3. The highest BCUT2D eigenvalue weighted by atomic mass is 16.3. The van der Waals surface area contributed by atoms with E-state index in [1.807, 2.05) is 103 Å². The van der Waals surface area contributed by atoms with Gasteiger partial charge in [0.25, 0.3) is 0 Å². The van der Waals surface area contributed by atoms with Gasteiger partial charge in [-0.3, -0.25) is 0 Å². The van der Waals surface area contributed by atoms with Crippen LogP contribution in [0.5, 0.6) is 0 Å². The van der Waals surface area contributed by atoms with Gasteiger partial charge in [-0.2, -0.15) is 0 Å². The fraction of sp³-hybridized carbons (Fsp3) is 0. The molecule has 12 heteroatoms. The Balaban J connectivity index is 0.000000109. The number of hydrogen-bond donors (Lipinski definition) is 0. The van der Waals surface area contributed by atoms with Crippen LogP contribution in [0.25, 0.3) is 267 Å². The first-order valence-electron chi connectivity index (χ1n) is 49.5. The monoisotopic (exact) mass is 1880 g/mol. The Kier molecular flexibility index (Phi) is 21.6. The molecule has 0 fully saturated rings. The summed E-state index contributed by atoms with van der Waals surface area (Å²) >= 11 is 0. The molecule has 0 aliphatic heterocycles. The smallest absolute Gasteiger partial charge is 0.164 e. The molecule has 0 aliphatic rings. The molecule has 0 spiro atoms. The van der Waals surface area contributed by atoms with Crippen LogP contribution < -0.4 is 0 Å². The second-order valence-corrected chi connectivity index (χ2v) is 37.0. The molecule has 0 saturated carbocycles. The van der Waals surface area contributed by atoms with Crippen molar-refractivity contribution in [3.8, 4) is 147 Å². The Hall–Kier alpha value is -20.0. The maximum atomic E-state index is 6.17. The van der Waals surface area contributed by atoms with E-state index < -0.39 is 0 Å². The van der Waals surface area contributed by atoms with Crippen LogP contribution in [0.4, 0.5) is 0 Å². The summed E-state index contributed by atoms with van der Waals surface area (Å²) in [6.07, 6.45) is 0. The van der Waals surface area contributed by atoms with Gasteiger partial charge in [0.05, 0.1) is 66.9 Å². The molecular weight excluding hydrogens is 1790 g/mol. The van der Waals surface area contributed by atoms with Crippen molar-refractivity contribution in [2.24, 2.45) is 0 Å². The first-order chi connectivity index (χ1) is 72.9. The molecule has 147 heavy (non-hydrogen) atoms. The van der Waals surface area contributed by atoms with Crippen LogP contribution in [0, 0.1) is 0 Å². The van der Waals surface area contributed by atoms with Crippen LogP contribution in [0.3, 0.4) is 0 Å². The number of aromatic nitrogens is 11. The number of furan rings is 1. The molecule has 0 saturated heterocycles. The minimum atomic E-state index is 0.642. The molecule has 0 N–H and O–H groups in total. The third-order valence-electron chi connectivity index (χ3n) is 28.1. The van der Waals surface area contributed by atoms with Gasteiger partial charge in [0.2, 0.25) is 0 Å². The van der Waals surface area contributed by atoms with Crippen molar-refractivity contribution < 1.29 is 4.42 Å². The van der Waals surface area contributed by atoms with Crippen molar-refractivity contribution in [1.82, 2.24) is 53.2 Å². The molecule has 21 aromatic carbocycles. The highest BCUT2D eigenvalue weighted by Crippen LogP contribution is 2.45. The molecule has 0 atom stereocenters. The predicted octanol–water partition coefficient (Wildman–Crippen LogP) is 34.6. The largest absolute Gasteiger partial charge is 0.456 e. The Morgan fingerprint density at radius 2 is 0.449 bits per heavy atom. The molecular formula is C135H87N11O. The zero-order chi connectivity index (χ0) is 97.2. The average Bonchev–Trinajstić information content (AvgIpc) is 1.59. The van der Waals surface area contributed by atoms with Gasteiger partial charge in [-0.25, -0.2) is 34.9 Å². The van der Waals surface area contributed by atoms with Crippen LogP contribution in [0.15, 0.2) is 532 Å². The zero-order valence-corrected chi connectivity index (χ0v) is 79.6. The van der Waals surface area contributed by atoms with E-state index in [1.165, 1.54) is 70.7 Å². The number of hydrogen-bond acceptors (Lipinski definition) is 8. The molecule has 0 amide bonds. The van der Waals surface area contributed by atoms with Gasteiger partial charge in [0.1, 0.15) is 11.2 Å². The Bertz CT molecular complexity index is 9700. The average molecular weight is 1880 g/mol. The van der Waals surface area contributed by atoms with Crippen molar-refractivity contribution in [3.63, 3.8) is 0 Å². The number of para-hydroxylation sites is 7. The second kappa shape index (κ2) is 36.9. The maximum absolute atomic E-state index is 6.17. The van der Waals surface area contributed by atoms with Gasteiger partial charge in [-0.1, -0.05) is 394 Å². The predicted molar refractivity (Wildman–Crippen MR) is 606 cm³/mol. The molecule has 0 radical (unpaired) electrons. The van der Waals surface area contributed by atoms with E-state index in [0.29, 0.717) is 29.1 Å². The number of benzene rings is 21. The van der Waals surface area contributed by atoms with Gasteiger partial charge in [-0.05, 0) is 166 Å². The Morgan fingerprint density at radius 3 is 0.925 bits per heavy atom. The number of rotatable bonds is 15. The number of fused-ring (bicyclic) bond motifs is 16. The normalized spacial score (nSPS) is 11.5. The highest BCUT2D eigenvalue weighted by Gasteiger charge is 2.25. The lowest BCUT2D eigenvalue weighted by molar-refractivity contribution is 0.669. The topological polar surface area (TPSA) is 123 Å². The van der Waals surface area contributed by atoms with Crippen LogP contribution in [0.1, 0.15) is 0 Å². The van der Waals surface area contributed by atoms with Gasteiger partial charge < -0.3 is 22.7 Å². The van der Waals surface area contributed by atoms with Crippen molar-refractivity contribution in [2.75, 3.05) is 0 Å². The van der Waals surface area contributed by atoms with Crippen molar-refractivity contribution in [2.45, 2.75) is 0 Å². The van der Waals surface area contributed by atoms with Crippen LogP contribution in [-0.2, 0) is 0 Å². The summed E-state index contributed by atoms with van der Waals surface area (Å²) < 4.78 is 15.7. The Morgan fingerprint density at radius 1 is 0.136 bits per heavy atom. The minimum Gasteiger partial charge on any atom is -0.456 e. The van der Waals surface area contributed by atoms with E-state index in [2.05, 4.69) is 443 Å². The third kappa shape index (κ3) is 15.9. The molecule has 29 aromatic rings. The molecule has 0 unspecified atom stereocenters. The standard InChI is InChI=1S/C46H30N4.C45H30N4.C44H27N3O/c1-3-15-31(16-4-1)40-30-41(48-46(47-40)32-17-5-2-6-18-32)33-27-34(49-42-23-11-7-19-36(42)37-20-8-12-24-43(37)49)29-35(28-33)50-44-25-13-9-21-38(44)39-22-10-14-26-45(39)50;1-5-15-31(16-6-1)36-27-37(32-17-7-2-8-18-32)29-38(28-36)49-41-24-14-13-23-39(41)40-30-35(25-26-42(40)49)45-47-43(33-19-9-3-10-20-33)46-44(48-45)34-21-11-4-12-22-34;1-2-12-29(13-3-1)38-27-39(33-18-10-14-28-11-4-5-15-32(28)33)46-44(45-38)30-21-23-35-34-16-6-8-19-40(34)47(41(35)25-30)31-22-24-43-37(26-31)36-17-7-9-20-42(36)48-43/h1-30H;1-30H;1-27H. The van der Waals surface area contributed by atoms with Gasteiger partial charge in [0, 0.05) is 127 Å². The lowest BCUT2D eigenvalue weighted by atomic mass is 9.98. The maximum Gasteiger partial charge on any atom is 0.164 e. The molecule has 8 aromatic heterocycles. The van der Waals surface area contributed by atoms with E-state index in [1.54, 1.807) is 0 Å². The van der Waals surface area contributed by atoms with E-state index in [-0.39, 0.29) is 0 Å².